The van der Waals surface area contributed by atoms with Gasteiger partial charge < -0.3 is 0 Å². The molecular weight excluding hydrogens is 158 g/mol. The maximum Gasteiger partial charge on any atom is 0.0621 e. The summed E-state index contributed by atoms with van der Waals surface area (Å²) in [6.45, 7) is 0. The van der Waals surface area contributed by atoms with E-state index in [1.165, 1.54) is 51.4 Å². The Balaban J connectivity index is 2.02. The summed E-state index contributed by atoms with van der Waals surface area (Å²) in [6.07, 6.45) is 13.2. The number of hydrogen-bond acceptors (Lipinski definition) is 1. The molecule has 0 aliphatic heterocycles. The lowest BCUT2D eigenvalue weighted by Crippen LogP contribution is -1.98. The molecular formula is C12H21N. The molecule has 0 atom stereocenters. The second kappa shape index (κ2) is 6.95. The molecule has 0 bridgehead atoms. The first-order valence-corrected chi connectivity index (χ1v) is 5.80. The van der Waals surface area contributed by atoms with E-state index in [9.17, 15) is 0 Å². The molecule has 13 heavy (non-hydrogen) atoms. The third-order valence-corrected chi connectivity index (χ3v) is 3.13. The first-order valence-electron chi connectivity index (χ1n) is 5.80. The van der Waals surface area contributed by atoms with Crippen LogP contribution in [0.2, 0.25) is 0 Å². The fourth-order valence-electron chi connectivity index (χ4n) is 2.29. The van der Waals surface area contributed by atoms with Crippen molar-refractivity contribution < 1.29 is 0 Å². The smallest absolute Gasteiger partial charge is 0.0621 e. The third kappa shape index (κ3) is 4.93. The van der Waals surface area contributed by atoms with E-state index >= 15 is 0 Å². The van der Waals surface area contributed by atoms with Crippen molar-refractivity contribution in [3.8, 4) is 6.07 Å². The number of unbranched alkanes of at least 4 members (excludes halogenated alkanes) is 2. The largest absolute Gasteiger partial charge is 0.198 e. The predicted octanol–water partition coefficient (Wildman–Crippen LogP) is 4.04. The number of rotatable bonds is 4. The molecule has 0 radical (unpaired) electrons. The number of nitrogens with zero attached hydrogens (tertiary/aromatic N) is 1. The lowest BCUT2D eigenvalue weighted by atomic mass is 9.94. The van der Waals surface area contributed by atoms with Gasteiger partial charge in [0.05, 0.1) is 6.07 Å². The molecule has 1 saturated carbocycles. The fraction of sp³-hybridized carbons (Fsp3) is 0.917. The summed E-state index contributed by atoms with van der Waals surface area (Å²) >= 11 is 0. The number of hydrogen-bond donors (Lipinski definition) is 0. The number of nitriles is 1. The summed E-state index contributed by atoms with van der Waals surface area (Å²) in [5, 5.41) is 8.40. The first-order chi connectivity index (χ1) is 6.43. The average Bonchev–Trinajstić information content (AvgIpc) is 2.41. The highest BCUT2D eigenvalue weighted by molar-refractivity contribution is 4.70. The molecule has 1 rings (SSSR count). The quantitative estimate of drug-likeness (QED) is 0.472. The molecule has 1 aliphatic rings. The SMILES string of the molecule is N#CCCCCC1CCCCCC1. The zero-order chi connectivity index (χ0) is 9.36. The van der Waals surface area contributed by atoms with Gasteiger partial charge in [-0.05, 0) is 12.3 Å². The first kappa shape index (κ1) is 10.6. The standard InChI is InChI=1S/C12H21N/c13-11-7-3-6-10-12-8-4-1-2-5-9-12/h12H,1-10H2. The Labute approximate surface area is 82.1 Å². The van der Waals surface area contributed by atoms with Crippen molar-refractivity contribution in [3.63, 3.8) is 0 Å². The molecule has 0 amide bonds. The van der Waals surface area contributed by atoms with Crippen LogP contribution in [0.3, 0.4) is 0 Å². The van der Waals surface area contributed by atoms with Crippen LogP contribution in [0.5, 0.6) is 0 Å². The Morgan fingerprint density at radius 1 is 1.00 bits per heavy atom. The molecule has 0 N–H and O–H groups in total. The average molecular weight is 179 g/mol. The van der Waals surface area contributed by atoms with Crippen LogP contribution in [-0.4, -0.2) is 0 Å². The van der Waals surface area contributed by atoms with E-state index in [0.29, 0.717) is 0 Å². The minimum Gasteiger partial charge on any atom is -0.198 e. The van der Waals surface area contributed by atoms with Crippen molar-refractivity contribution in [3.05, 3.63) is 0 Å². The van der Waals surface area contributed by atoms with Crippen LogP contribution in [0, 0.1) is 17.2 Å². The molecule has 1 nitrogen and oxygen atoms in total. The van der Waals surface area contributed by atoms with Gasteiger partial charge >= 0.3 is 0 Å². The fourth-order valence-corrected chi connectivity index (χ4v) is 2.29. The highest BCUT2D eigenvalue weighted by atomic mass is 14.2. The van der Waals surface area contributed by atoms with Crippen molar-refractivity contribution in [1.29, 1.82) is 5.26 Å². The van der Waals surface area contributed by atoms with Gasteiger partial charge in [0.1, 0.15) is 0 Å². The Kier molecular flexibility index (Phi) is 5.65. The van der Waals surface area contributed by atoms with Crippen LogP contribution in [0.15, 0.2) is 0 Å². The minimum absolute atomic E-state index is 0.757. The van der Waals surface area contributed by atoms with Gasteiger partial charge in [0.2, 0.25) is 0 Å². The van der Waals surface area contributed by atoms with Crippen molar-refractivity contribution in [2.45, 2.75) is 64.2 Å². The minimum atomic E-state index is 0.757. The predicted molar refractivity (Wildman–Crippen MR) is 55.3 cm³/mol. The molecule has 0 aromatic rings. The van der Waals surface area contributed by atoms with Crippen LogP contribution in [-0.2, 0) is 0 Å². The maximum absolute atomic E-state index is 8.40. The van der Waals surface area contributed by atoms with Gasteiger partial charge in [-0.25, -0.2) is 0 Å². The summed E-state index contributed by atoms with van der Waals surface area (Å²) in [7, 11) is 0. The van der Waals surface area contributed by atoms with Gasteiger partial charge in [-0.1, -0.05) is 51.4 Å². The van der Waals surface area contributed by atoms with Crippen molar-refractivity contribution in [1.82, 2.24) is 0 Å². The Morgan fingerprint density at radius 3 is 2.31 bits per heavy atom. The second-order valence-corrected chi connectivity index (χ2v) is 4.26. The normalized spacial score (nSPS) is 19.3. The van der Waals surface area contributed by atoms with Crippen LogP contribution < -0.4 is 0 Å². The molecule has 1 heteroatoms. The summed E-state index contributed by atoms with van der Waals surface area (Å²) in [4.78, 5) is 0. The highest BCUT2D eigenvalue weighted by Gasteiger charge is 2.11. The molecule has 1 aliphatic carbocycles. The molecule has 0 heterocycles. The van der Waals surface area contributed by atoms with Crippen molar-refractivity contribution >= 4 is 0 Å². The maximum atomic E-state index is 8.40. The highest BCUT2D eigenvalue weighted by Crippen LogP contribution is 2.26. The zero-order valence-corrected chi connectivity index (χ0v) is 8.60. The molecule has 0 spiro atoms. The van der Waals surface area contributed by atoms with Gasteiger partial charge in [-0.2, -0.15) is 5.26 Å². The molecule has 0 aromatic carbocycles. The Hall–Kier alpha value is -0.510. The van der Waals surface area contributed by atoms with E-state index in [2.05, 4.69) is 6.07 Å². The van der Waals surface area contributed by atoms with Crippen molar-refractivity contribution in [2.75, 3.05) is 0 Å². The van der Waals surface area contributed by atoms with Crippen LogP contribution in [0.25, 0.3) is 0 Å². The van der Waals surface area contributed by atoms with Gasteiger partial charge in [-0.15, -0.1) is 0 Å². The summed E-state index contributed by atoms with van der Waals surface area (Å²) in [5.41, 5.74) is 0. The topological polar surface area (TPSA) is 23.8 Å². The van der Waals surface area contributed by atoms with Gasteiger partial charge in [0.15, 0.2) is 0 Å². The summed E-state index contributed by atoms with van der Waals surface area (Å²) < 4.78 is 0. The molecule has 0 saturated heterocycles. The van der Waals surface area contributed by atoms with E-state index in [1.54, 1.807) is 0 Å². The summed E-state index contributed by atoms with van der Waals surface area (Å²) in [6, 6.07) is 2.22. The lowest BCUT2D eigenvalue weighted by molar-refractivity contribution is 0.411. The molecule has 74 valence electrons. The van der Waals surface area contributed by atoms with Crippen LogP contribution in [0.1, 0.15) is 64.2 Å². The molecule has 1 fully saturated rings. The van der Waals surface area contributed by atoms with E-state index in [1.807, 2.05) is 0 Å². The van der Waals surface area contributed by atoms with Gasteiger partial charge in [0.25, 0.3) is 0 Å². The van der Waals surface area contributed by atoms with Crippen LogP contribution >= 0.6 is 0 Å². The van der Waals surface area contributed by atoms with Gasteiger partial charge in [0, 0.05) is 6.42 Å². The van der Waals surface area contributed by atoms with E-state index in [4.69, 9.17) is 5.26 Å². The Bertz CT molecular complexity index is 149. The zero-order valence-electron chi connectivity index (χ0n) is 8.60. The third-order valence-electron chi connectivity index (χ3n) is 3.13. The van der Waals surface area contributed by atoms with E-state index in [-0.39, 0.29) is 0 Å². The van der Waals surface area contributed by atoms with E-state index in [0.717, 1.165) is 18.8 Å². The van der Waals surface area contributed by atoms with Crippen LogP contribution in [0.4, 0.5) is 0 Å². The molecule has 0 aromatic heterocycles. The van der Waals surface area contributed by atoms with E-state index < -0.39 is 0 Å². The Morgan fingerprint density at radius 2 is 1.69 bits per heavy atom. The summed E-state index contributed by atoms with van der Waals surface area (Å²) in [5.74, 6) is 0.987. The van der Waals surface area contributed by atoms with Gasteiger partial charge in [-0.3, -0.25) is 0 Å². The lowest BCUT2D eigenvalue weighted by Gasteiger charge is -2.12. The molecule has 0 unspecified atom stereocenters. The monoisotopic (exact) mass is 179 g/mol. The van der Waals surface area contributed by atoms with Crippen molar-refractivity contribution in [2.24, 2.45) is 5.92 Å². The second-order valence-electron chi connectivity index (χ2n) is 4.26.